The van der Waals surface area contributed by atoms with E-state index in [0.717, 1.165) is 0 Å². The van der Waals surface area contributed by atoms with Crippen molar-refractivity contribution >= 4 is 32.7 Å². The fourth-order valence-corrected chi connectivity index (χ4v) is 0.894. The molecule has 0 aliphatic heterocycles. The van der Waals surface area contributed by atoms with Gasteiger partial charge in [0.1, 0.15) is 0 Å². The Balaban J connectivity index is 2.93. The van der Waals surface area contributed by atoms with Gasteiger partial charge in [-0.25, -0.2) is 0 Å². The Bertz CT molecular complexity index is 78.0. The van der Waals surface area contributed by atoms with Gasteiger partial charge >= 0.3 is 0 Å². The minimum absolute atomic E-state index is 1.35. The number of rotatable bonds is 3. The van der Waals surface area contributed by atoms with Crippen LogP contribution in [0.1, 0.15) is 0 Å². The zero-order chi connectivity index (χ0) is 6.24. The zero-order valence-electron chi connectivity index (χ0n) is 4.02. The van der Waals surface area contributed by atoms with Crippen molar-refractivity contribution in [1.29, 1.82) is 0 Å². The predicted octanol–water partition coefficient (Wildman–Crippen LogP) is 0.172. The second kappa shape index (κ2) is 6.64. The van der Waals surface area contributed by atoms with Crippen molar-refractivity contribution < 1.29 is 0 Å². The third-order valence-electron chi connectivity index (χ3n) is 0.263. The van der Waals surface area contributed by atoms with E-state index >= 15 is 0 Å². The van der Waals surface area contributed by atoms with Crippen LogP contribution in [0, 0.1) is 0 Å². The number of hydrazone groups is 2. The van der Waals surface area contributed by atoms with Gasteiger partial charge in [-0.3, -0.25) is 0 Å². The lowest BCUT2D eigenvalue weighted by molar-refractivity contribution is 1.27. The van der Waals surface area contributed by atoms with Gasteiger partial charge in [0.05, 0.1) is 11.1 Å². The van der Waals surface area contributed by atoms with Gasteiger partial charge in [-0.15, -0.1) is 0 Å². The van der Waals surface area contributed by atoms with Crippen molar-refractivity contribution in [3.8, 4) is 0 Å². The highest BCUT2D eigenvalue weighted by Crippen LogP contribution is 2.13. The maximum Gasteiger partial charge on any atom is 0.0905 e. The average molecular weight is 150 g/mol. The van der Waals surface area contributed by atoms with Crippen LogP contribution in [-0.2, 0) is 0 Å². The zero-order valence-corrected chi connectivity index (χ0v) is 5.65. The van der Waals surface area contributed by atoms with E-state index in [2.05, 4.69) is 10.2 Å². The van der Waals surface area contributed by atoms with E-state index in [1.165, 1.54) is 32.7 Å². The molecule has 46 valence electrons. The summed E-state index contributed by atoms with van der Waals surface area (Å²) < 4.78 is 0. The predicted molar refractivity (Wildman–Crippen MR) is 40.5 cm³/mol. The maximum absolute atomic E-state index is 4.77. The quantitative estimate of drug-likeness (QED) is 0.150. The van der Waals surface area contributed by atoms with Crippen molar-refractivity contribution in [2.75, 3.05) is 0 Å². The molecule has 0 aromatic carbocycles. The summed E-state index contributed by atoms with van der Waals surface area (Å²) in [7, 11) is 2.70. The van der Waals surface area contributed by atoms with E-state index in [-0.39, 0.29) is 0 Å². The van der Waals surface area contributed by atoms with Gasteiger partial charge in [0.15, 0.2) is 0 Å². The Labute approximate surface area is 55.2 Å². The summed E-state index contributed by atoms with van der Waals surface area (Å²) in [5.74, 6) is 9.54. The molecule has 0 amide bonds. The third kappa shape index (κ3) is 5.64. The first-order chi connectivity index (χ1) is 3.91. The highest BCUT2D eigenvalue weighted by molar-refractivity contribution is 8.86. The number of hydrogen-bond acceptors (Lipinski definition) is 6. The Kier molecular flexibility index (Phi) is 6.34. The monoisotopic (exact) mass is 150 g/mol. The van der Waals surface area contributed by atoms with Crippen molar-refractivity contribution in [2.24, 2.45) is 21.9 Å². The molecule has 0 saturated heterocycles. The summed E-state index contributed by atoms with van der Waals surface area (Å²) in [6, 6.07) is 0. The minimum Gasteiger partial charge on any atom is -0.323 e. The molecule has 0 rings (SSSR count). The molecule has 0 atom stereocenters. The van der Waals surface area contributed by atoms with Crippen LogP contribution in [0.5, 0.6) is 0 Å². The third-order valence-corrected chi connectivity index (χ3v) is 1.64. The number of nitrogens with two attached hydrogens (primary N) is 2. The van der Waals surface area contributed by atoms with Crippen LogP contribution < -0.4 is 11.7 Å². The molecule has 8 heavy (non-hydrogen) atoms. The van der Waals surface area contributed by atoms with Crippen LogP contribution in [0.3, 0.4) is 0 Å². The van der Waals surface area contributed by atoms with Gasteiger partial charge in [-0.1, -0.05) is 0 Å². The Hall–Kier alpha value is -0.360. The molecule has 0 saturated carbocycles. The lowest BCUT2D eigenvalue weighted by atomic mass is 11.7. The normalized spacial score (nSPS) is 11.5. The van der Waals surface area contributed by atoms with E-state index in [1.807, 2.05) is 0 Å². The van der Waals surface area contributed by atoms with E-state index in [1.54, 1.807) is 0 Å². The Morgan fingerprint density at radius 1 is 1.00 bits per heavy atom. The molecular weight excluding hydrogens is 144 g/mol. The molecule has 0 radical (unpaired) electrons. The van der Waals surface area contributed by atoms with Gasteiger partial charge in [0.2, 0.25) is 0 Å². The molecule has 0 aromatic rings. The van der Waals surface area contributed by atoms with Crippen molar-refractivity contribution in [2.45, 2.75) is 0 Å². The summed E-state index contributed by atoms with van der Waals surface area (Å²) in [5, 5.41) is 6.44. The van der Waals surface area contributed by atoms with E-state index < -0.39 is 0 Å². The molecular formula is C2H6N4S2. The molecule has 0 unspecified atom stereocenters. The van der Waals surface area contributed by atoms with Crippen LogP contribution in [-0.4, -0.2) is 11.1 Å². The fourth-order valence-electron chi connectivity index (χ4n) is 0.0994. The highest BCUT2D eigenvalue weighted by atomic mass is 33.1. The van der Waals surface area contributed by atoms with E-state index in [4.69, 9.17) is 11.7 Å². The Morgan fingerprint density at radius 3 is 1.62 bits per heavy atom. The summed E-state index contributed by atoms with van der Waals surface area (Å²) in [4.78, 5) is 0. The molecule has 6 heteroatoms. The van der Waals surface area contributed by atoms with E-state index in [0.29, 0.717) is 0 Å². The average Bonchev–Trinajstić information content (AvgIpc) is 1.81. The van der Waals surface area contributed by atoms with Crippen LogP contribution in [0.25, 0.3) is 0 Å². The fraction of sp³-hybridized carbons (Fsp3) is 0. The highest BCUT2D eigenvalue weighted by Gasteiger charge is 1.74. The van der Waals surface area contributed by atoms with Gasteiger partial charge in [-0.05, 0) is 21.6 Å². The molecule has 4 N–H and O–H groups in total. The lowest BCUT2D eigenvalue weighted by Gasteiger charge is -1.79. The lowest BCUT2D eigenvalue weighted by Crippen LogP contribution is -1.77. The molecule has 0 aromatic heterocycles. The summed E-state index contributed by atoms with van der Waals surface area (Å²) in [5.41, 5.74) is 2.98. The van der Waals surface area contributed by atoms with Crippen LogP contribution in [0.2, 0.25) is 0 Å². The molecule has 0 spiro atoms. The first kappa shape index (κ1) is 7.64. The molecule has 0 fully saturated rings. The van der Waals surface area contributed by atoms with Gasteiger partial charge in [0.25, 0.3) is 0 Å². The first-order valence-corrected chi connectivity index (χ1v) is 3.95. The standard InChI is InChI=1S/C2H6N4S2/c3-5-1-7-8-2-6-4/h1-2H,3-4H2. The van der Waals surface area contributed by atoms with Crippen LogP contribution in [0.4, 0.5) is 0 Å². The smallest absolute Gasteiger partial charge is 0.0905 e. The maximum atomic E-state index is 4.77. The largest absolute Gasteiger partial charge is 0.323 e. The summed E-state index contributed by atoms with van der Waals surface area (Å²) in [6.07, 6.45) is 0. The second-order valence-corrected chi connectivity index (χ2v) is 2.66. The second-order valence-electron chi connectivity index (χ2n) is 0.701. The van der Waals surface area contributed by atoms with Crippen molar-refractivity contribution in [3.63, 3.8) is 0 Å². The van der Waals surface area contributed by atoms with Crippen LogP contribution in [0.15, 0.2) is 10.2 Å². The molecule has 0 heterocycles. The minimum atomic E-state index is 1.35. The first-order valence-electron chi connectivity index (χ1n) is 1.67. The van der Waals surface area contributed by atoms with Crippen LogP contribution >= 0.6 is 21.6 Å². The van der Waals surface area contributed by atoms with Gasteiger partial charge < -0.3 is 11.7 Å². The Morgan fingerprint density at radius 2 is 1.38 bits per heavy atom. The molecule has 4 nitrogen and oxygen atoms in total. The number of nitrogens with zero attached hydrogens (tertiary/aromatic N) is 2. The van der Waals surface area contributed by atoms with E-state index in [9.17, 15) is 0 Å². The van der Waals surface area contributed by atoms with Crippen molar-refractivity contribution in [1.82, 2.24) is 0 Å². The summed E-state index contributed by atoms with van der Waals surface area (Å²) in [6.45, 7) is 0. The van der Waals surface area contributed by atoms with Crippen molar-refractivity contribution in [3.05, 3.63) is 0 Å². The van der Waals surface area contributed by atoms with Gasteiger partial charge in [-0.2, -0.15) is 10.2 Å². The molecule has 0 bridgehead atoms. The summed E-state index contributed by atoms with van der Waals surface area (Å²) >= 11 is 0. The topological polar surface area (TPSA) is 76.8 Å². The van der Waals surface area contributed by atoms with Gasteiger partial charge in [0, 0.05) is 0 Å². The molecule has 0 aliphatic rings. The molecule has 0 aliphatic carbocycles. The SMILES string of the molecule is NN=CSSC=NN. The number of hydrogen-bond donors (Lipinski definition) is 2.